The first kappa shape index (κ1) is 15.3. The summed E-state index contributed by atoms with van der Waals surface area (Å²) in [5.74, 6) is 0.647. The molecule has 0 radical (unpaired) electrons. The van der Waals surface area contributed by atoms with Gasteiger partial charge in [0, 0.05) is 37.7 Å². The van der Waals surface area contributed by atoms with Crippen LogP contribution in [0.1, 0.15) is 5.69 Å². The van der Waals surface area contributed by atoms with Crippen molar-refractivity contribution < 1.29 is 0 Å². The van der Waals surface area contributed by atoms with E-state index in [4.69, 9.17) is 0 Å². The fourth-order valence-corrected chi connectivity index (χ4v) is 3.06. The monoisotopic (exact) mass is 338 g/mol. The standard InChI is InChI=1S/C17H18N6O2/c1-11-10-23-13-14(21(2)17(25)20-15(13)24)19-16(23)22(11)9-8-18-12-6-4-3-5-7-12/h3-7,10,18H,8-9H2,1-2H3,(H,20,24,25). The average Bonchev–Trinajstić information content (AvgIpc) is 3.10. The van der Waals surface area contributed by atoms with Crippen LogP contribution >= 0.6 is 0 Å². The molecule has 0 amide bonds. The van der Waals surface area contributed by atoms with E-state index >= 15 is 0 Å². The third kappa shape index (κ3) is 2.42. The number of aromatic amines is 1. The zero-order valence-electron chi connectivity index (χ0n) is 14.0. The Labute approximate surface area is 142 Å². The van der Waals surface area contributed by atoms with E-state index in [0.717, 1.165) is 11.4 Å². The summed E-state index contributed by atoms with van der Waals surface area (Å²) in [6.07, 6.45) is 1.87. The molecule has 3 heterocycles. The van der Waals surface area contributed by atoms with E-state index in [-0.39, 0.29) is 0 Å². The van der Waals surface area contributed by atoms with Crippen LogP contribution in [0.15, 0.2) is 46.1 Å². The SMILES string of the molecule is Cc1cn2c3c(=O)[nH]c(=O)n(C)c3nc2n1CCNc1ccccc1. The van der Waals surface area contributed by atoms with Crippen LogP contribution < -0.4 is 16.6 Å². The lowest BCUT2D eigenvalue weighted by Gasteiger charge is -2.08. The molecule has 8 heteroatoms. The molecule has 3 aromatic heterocycles. The number of hydrogen-bond acceptors (Lipinski definition) is 4. The van der Waals surface area contributed by atoms with Gasteiger partial charge in [-0.25, -0.2) is 4.79 Å². The second-order valence-corrected chi connectivity index (χ2v) is 5.99. The summed E-state index contributed by atoms with van der Waals surface area (Å²) in [5, 5.41) is 3.36. The molecular formula is C17H18N6O2. The Kier molecular flexibility index (Phi) is 3.45. The molecule has 0 saturated carbocycles. The predicted octanol–water partition coefficient (Wildman–Crippen LogP) is 1.10. The maximum absolute atomic E-state index is 12.2. The van der Waals surface area contributed by atoms with Gasteiger partial charge in [-0.15, -0.1) is 0 Å². The molecule has 1 aromatic carbocycles. The summed E-state index contributed by atoms with van der Waals surface area (Å²) in [7, 11) is 1.60. The zero-order valence-corrected chi connectivity index (χ0v) is 14.0. The second kappa shape index (κ2) is 5.66. The van der Waals surface area contributed by atoms with Crippen LogP contribution in [0.2, 0.25) is 0 Å². The van der Waals surface area contributed by atoms with Gasteiger partial charge in [0.2, 0.25) is 5.78 Å². The van der Waals surface area contributed by atoms with Gasteiger partial charge in [-0.1, -0.05) is 18.2 Å². The molecule has 25 heavy (non-hydrogen) atoms. The summed E-state index contributed by atoms with van der Waals surface area (Å²) >= 11 is 0. The Hall–Kier alpha value is -3.29. The zero-order chi connectivity index (χ0) is 17.6. The van der Waals surface area contributed by atoms with Gasteiger partial charge in [-0.2, -0.15) is 4.98 Å². The van der Waals surface area contributed by atoms with E-state index in [1.165, 1.54) is 4.57 Å². The van der Waals surface area contributed by atoms with Crippen molar-refractivity contribution in [2.24, 2.45) is 7.05 Å². The Bertz CT molecular complexity index is 1180. The van der Waals surface area contributed by atoms with Crippen LogP contribution in [0.25, 0.3) is 16.9 Å². The summed E-state index contributed by atoms with van der Waals surface area (Å²) in [4.78, 5) is 30.8. The summed E-state index contributed by atoms with van der Waals surface area (Å²) < 4.78 is 5.12. The second-order valence-electron chi connectivity index (χ2n) is 5.99. The maximum Gasteiger partial charge on any atom is 0.329 e. The number of nitrogens with one attached hydrogen (secondary N) is 2. The fourth-order valence-electron chi connectivity index (χ4n) is 3.06. The van der Waals surface area contributed by atoms with Gasteiger partial charge >= 0.3 is 5.69 Å². The van der Waals surface area contributed by atoms with E-state index in [1.54, 1.807) is 11.4 Å². The Morgan fingerprint density at radius 1 is 1.20 bits per heavy atom. The molecule has 0 bridgehead atoms. The molecule has 0 saturated heterocycles. The molecule has 0 aliphatic rings. The van der Waals surface area contributed by atoms with Gasteiger partial charge in [-0.05, 0) is 19.1 Å². The fraction of sp³-hybridized carbons (Fsp3) is 0.235. The predicted molar refractivity (Wildman–Crippen MR) is 96.2 cm³/mol. The molecule has 0 aliphatic heterocycles. The largest absolute Gasteiger partial charge is 0.383 e. The number of aryl methyl sites for hydroxylation is 2. The molecule has 0 aliphatic carbocycles. The highest BCUT2D eigenvalue weighted by Crippen LogP contribution is 2.15. The maximum atomic E-state index is 12.2. The van der Waals surface area contributed by atoms with Crippen LogP contribution in [0, 0.1) is 6.92 Å². The average molecular weight is 338 g/mol. The summed E-state index contributed by atoms with van der Waals surface area (Å²) in [5.41, 5.74) is 1.92. The Morgan fingerprint density at radius 3 is 2.72 bits per heavy atom. The molecule has 4 rings (SSSR count). The number of imidazole rings is 2. The van der Waals surface area contributed by atoms with Gasteiger partial charge in [-0.3, -0.25) is 18.7 Å². The summed E-state index contributed by atoms with van der Waals surface area (Å²) in [6, 6.07) is 9.96. The molecule has 4 aromatic rings. The minimum atomic E-state index is -0.465. The third-order valence-corrected chi connectivity index (χ3v) is 4.35. The van der Waals surface area contributed by atoms with Crippen molar-refractivity contribution in [3.63, 3.8) is 0 Å². The van der Waals surface area contributed by atoms with Crippen molar-refractivity contribution in [3.8, 4) is 0 Å². The Morgan fingerprint density at radius 2 is 1.96 bits per heavy atom. The number of rotatable bonds is 4. The molecular weight excluding hydrogens is 320 g/mol. The number of para-hydroxylation sites is 1. The van der Waals surface area contributed by atoms with E-state index in [2.05, 4.69) is 15.3 Å². The molecule has 8 nitrogen and oxygen atoms in total. The smallest absolute Gasteiger partial charge is 0.329 e. The highest BCUT2D eigenvalue weighted by Gasteiger charge is 2.16. The van der Waals surface area contributed by atoms with Gasteiger partial charge < -0.3 is 9.88 Å². The van der Waals surface area contributed by atoms with Crippen LogP contribution in [0.3, 0.4) is 0 Å². The lowest BCUT2D eigenvalue weighted by molar-refractivity contribution is 0.724. The number of fused-ring (bicyclic) bond motifs is 3. The topological polar surface area (TPSA) is 89.1 Å². The van der Waals surface area contributed by atoms with Gasteiger partial charge in [0.15, 0.2) is 11.2 Å². The molecule has 128 valence electrons. The van der Waals surface area contributed by atoms with E-state index < -0.39 is 11.2 Å². The molecule has 2 N–H and O–H groups in total. The number of H-pyrrole nitrogens is 1. The van der Waals surface area contributed by atoms with Crippen molar-refractivity contribution in [2.45, 2.75) is 13.5 Å². The highest BCUT2D eigenvalue weighted by atomic mass is 16.2. The first-order valence-electron chi connectivity index (χ1n) is 8.02. The molecule has 0 spiro atoms. The minimum absolute atomic E-state index is 0.383. The highest BCUT2D eigenvalue weighted by molar-refractivity contribution is 5.75. The van der Waals surface area contributed by atoms with Crippen molar-refractivity contribution in [3.05, 3.63) is 63.1 Å². The van der Waals surface area contributed by atoms with E-state index in [1.807, 2.05) is 48.0 Å². The van der Waals surface area contributed by atoms with E-state index in [9.17, 15) is 9.59 Å². The number of hydrogen-bond donors (Lipinski definition) is 2. The summed E-state index contributed by atoms with van der Waals surface area (Å²) in [6.45, 7) is 3.37. The van der Waals surface area contributed by atoms with Crippen molar-refractivity contribution in [1.29, 1.82) is 0 Å². The van der Waals surface area contributed by atoms with Gasteiger partial charge in [0.25, 0.3) is 5.56 Å². The van der Waals surface area contributed by atoms with Crippen molar-refractivity contribution >= 4 is 22.6 Å². The lowest BCUT2D eigenvalue weighted by Crippen LogP contribution is -2.28. The number of nitrogens with zero attached hydrogens (tertiary/aromatic N) is 4. The van der Waals surface area contributed by atoms with Crippen LogP contribution in [-0.2, 0) is 13.6 Å². The lowest BCUT2D eigenvalue weighted by atomic mass is 10.3. The number of benzene rings is 1. The molecule has 0 unspecified atom stereocenters. The van der Waals surface area contributed by atoms with Crippen LogP contribution in [-0.4, -0.2) is 30.0 Å². The first-order valence-corrected chi connectivity index (χ1v) is 8.02. The van der Waals surface area contributed by atoms with Crippen LogP contribution in [0.5, 0.6) is 0 Å². The van der Waals surface area contributed by atoms with Crippen molar-refractivity contribution in [1.82, 2.24) is 23.5 Å². The third-order valence-electron chi connectivity index (χ3n) is 4.35. The Balaban J connectivity index is 1.74. The van der Waals surface area contributed by atoms with Crippen molar-refractivity contribution in [2.75, 3.05) is 11.9 Å². The normalized spacial score (nSPS) is 11.4. The van der Waals surface area contributed by atoms with Gasteiger partial charge in [0.05, 0.1) is 0 Å². The number of aromatic nitrogens is 5. The minimum Gasteiger partial charge on any atom is -0.383 e. The van der Waals surface area contributed by atoms with Gasteiger partial charge in [0.1, 0.15) is 0 Å². The van der Waals surface area contributed by atoms with E-state index in [0.29, 0.717) is 30.0 Å². The molecule has 0 atom stereocenters. The quantitative estimate of drug-likeness (QED) is 0.583. The van der Waals surface area contributed by atoms with Crippen LogP contribution in [0.4, 0.5) is 5.69 Å². The molecule has 0 fully saturated rings. The first-order chi connectivity index (χ1) is 12.1. The number of anilines is 1.